The summed E-state index contributed by atoms with van der Waals surface area (Å²) >= 11 is 1.08. The van der Waals surface area contributed by atoms with Crippen LogP contribution in [-0.4, -0.2) is 15.4 Å². The highest BCUT2D eigenvalue weighted by molar-refractivity contribution is 7.08. The number of aromatic nitrogens is 2. The number of ketones is 1. The van der Waals surface area contributed by atoms with Crippen molar-refractivity contribution < 1.29 is 9.18 Å². The molecule has 0 fully saturated rings. The Morgan fingerprint density at radius 3 is 2.39 bits per heavy atom. The number of halogens is 1. The maximum Gasteiger partial charge on any atom is 0.206 e. The van der Waals surface area contributed by atoms with Gasteiger partial charge in [-0.15, -0.1) is 5.10 Å². The van der Waals surface area contributed by atoms with E-state index in [9.17, 15) is 9.18 Å². The van der Waals surface area contributed by atoms with Crippen LogP contribution in [0.2, 0.25) is 0 Å². The monoisotopic (exact) mass is 264 g/mol. The van der Waals surface area contributed by atoms with E-state index in [1.807, 2.05) is 20.8 Å². The minimum Gasteiger partial charge on any atom is -0.288 e. The second-order valence-corrected chi connectivity index (χ2v) is 5.79. The third kappa shape index (κ3) is 2.46. The Labute approximate surface area is 109 Å². The van der Waals surface area contributed by atoms with E-state index in [2.05, 4.69) is 9.59 Å². The van der Waals surface area contributed by atoms with Gasteiger partial charge in [-0.05, 0) is 35.8 Å². The van der Waals surface area contributed by atoms with Crippen LogP contribution in [0, 0.1) is 5.82 Å². The molecule has 0 saturated carbocycles. The average Bonchev–Trinajstić information content (AvgIpc) is 2.77. The van der Waals surface area contributed by atoms with Crippen molar-refractivity contribution in [1.82, 2.24) is 9.59 Å². The molecule has 0 saturated heterocycles. The van der Waals surface area contributed by atoms with Gasteiger partial charge in [0.05, 0.1) is 5.69 Å². The summed E-state index contributed by atoms with van der Waals surface area (Å²) in [6.45, 7) is 5.93. The van der Waals surface area contributed by atoms with Gasteiger partial charge in [0.1, 0.15) is 10.7 Å². The molecule has 2 aromatic rings. The molecule has 0 amide bonds. The number of carbonyl (C=O) groups is 1. The third-order valence-corrected chi connectivity index (χ3v) is 3.24. The zero-order chi connectivity index (χ0) is 13.3. The number of nitrogens with zero attached hydrogens (tertiary/aromatic N) is 2. The molecule has 0 N–H and O–H groups in total. The van der Waals surface area contributed by atoms with E-state index in [4.69, 9.17) is 0 Å². The minimum absolute atomic E-state index is 0.157. The lowest BCUT2D eigenvalue weighted by molar-refractivity contribution is 0.104. The molecular formula is C13H13FN2OS. The van der Waals surface area contributed by atoms with Gasteiger partial charge in [-0.25, -0.2) is 4.39 Å². The van der Waals surface area contributed by atoms with Gasteiger partial charge in [-0.2, -0.15) is 0 Å². The number of rotatable bonds is 2. The largest absolute Gasteiger partial charge is 0.288 e. The standard InChI is InChI=1S/C13H13FN2OS/c1-13(2,3)12-11(18-16-15-12)10(17)8-4-6-9(14)7-5-8/h4-7H,1-3H3. The lowest BCUT2D eigenvalue weighted by Crippen LogP contribution is -2.16. The molecule has 18 heavy (non-hydrogen) atoms. The van der Waals surface area contributed by atoms with E-state index in [0.717, 1.165) is 11.5 Å². The molecule has 0 aliphatic carbocycles. The van der Waals surface area contributed by atoms with Crippen molar-refractivity contribution in [2.75, 3.05) is 0 Å². The van der Waals surface area contributed by atoms with Gasteiger partial charge in [0, 0.05) is 11.0 Å². The SMILES string of the molecule is CC(C)(C)c1nnsc1C(=O)c1ccc(F)cc1. The van der Waals surface area contributed by atoms with E-state index < -0.39 is 0 Å². The van der Waals surface area contributed by atoms with Gasteiger partial charge in [-0.3, -0.25) is 4.79 Å². The summed E-state index contributed by atoms with van der Waals surface area (Å²) in [5, 5.41) is 4.03. The predicted octanol–water partition coefficient (Wildman–Crippen LogP) is 3.21. The molecular weight excluding hydrogens is 251 g/mol. The number of carbonyl (C=O) groups excluding carboxylic acids is 1. The normalized spacial score (nSPS) is 11.6. The molecule has 0 aliphatic heterocycles. The number of hydrogen-bond acceptors (Lipinski definition) is 4. The Hall–Kier alpha value is -1.62. The maximum atomic E-state index is 12.8. The zero-order valence-corrected chi connectivity index (χ0v) is 11.2. The van der Waals surface area contributed by atoms with Crippen LogP contribution in [0.3, 0.4) is 0 Å². The van der Waals surface area contributed by atoms with E-state index in [1.165, 1.54) is 24.3 Å². The van der Waals surface area contributed by atoms with Crippen molar-refractivity contribution in [3.05, 3.63) is 46.2 Å². The second-order valence-electron chi connectivity index (χ2n) is 5.04. The van der Waals surface area contributed by atoms with Crippen molar-refractivity contribution >= 4 is 17.3 Å². The molecule has 3 nitrogen and oxygen atoms in total. The topological polar surface area (TPSA) is 42.9 Å². The summed E-state index contributed by atoms with van der Waals surface area (Å²) in [5.41, 5.74) is 0.896. The molecule has 0 bridgehead atoms. The van der Waals surface area contributed by atoms with Crippen molar-refractivity contribution in [2.45, 2.75) is 26.2 Å². The van der Waals surface area contributed by atoms with Crippen LogP contribution in [0.4, 0.5) is 4.39 Å². The van der Waals surface area contributed by atoms with Crippen LogP contribution in [0.5, 0.6) is 0 Å². The molecule has 1 aromatic carbocycles. The Balaban J connectivity index is 2.41. The van der Waals surface area contributed by atoms with Crippen molar-refractivity contribution in [2.24, 2.45) is 0 Å². The fourth-order valence-electron chi connectivity index (χ4n) is 1.56. The smallest absolute Gasteiger partial charge is 0.206 e. The molecule has 0 spiro atoms. The first kappa shape index (κ1) is 12.8. The lowest BCUT2D eigenvalue weighted by Gasteiger charge is -2.15. The Morgan fingerprint density at radius 1 is 1.22 bits per heavy atom. The third-order valence-electron chi connectivity index (χ3n) is 2.51. The van der Waals surface area contributed by atoms with Crippen molar-refractivity contribution in [1.29, 1.82) is 0 Å². The van der Waals surface area contributed by atoms with Crippen LogP contribution in [0.25, 0.3) is 0 Å². The Morgan fingerprint density at radius 2 is 1.83 bits per heavy atom. The van der Waals surface area contributed by atoms with E-state index in [1.54, 1.807) is 0 Å². The quantitative estimate of drug-likeness (QED) is 0.782. The molecule has 0 aliphatic rings. The predicted molar refractivity (Wildman–Crippen MR) is 68.4 cm³/mol. The summed E-state index contributed by atoms with van der Waals surface area (Å²) in [7, 11) is 0. The van der Waals surface area contributed by atoms with Gasteiger partial charge in [0.15, 0.2) is 0 Å². The van der Waals surface area contributed by atoms with Gasteiger partial charge in [0.2, 0.25) is 5.78 Å². The summed E-state index contributed by atoms with van der Waals surface area (Å²) in [5.74, 6) is -0.514. The van der Waals surface area contributed by atoms with Crippen LogP contribution in [0.1, 0.15) is 41.7 Å². The molecule has 0 unspecified atom stereocenters. The number of hydrogen-bond donors (Lipinski definition) is 0. The van der Waals surface area contributed by atoms with E-state index in [-0.39, 0.29) is 17.0 Å². The first-order valence-corrected chi connectivity index (χ1v) is 6.30. The summed E-state index contributed by atoms with van der Waals surface area (Å²) < 4.78 is 16.7. The molecule has 5 heteroatoms. The molecule has 0 atom stereocenters. The maximum absolute atomic E-state index is 12.8. The molecule has 94 valence electrons. The van der Waals surface area contributed by atoms with Gasteiger partial charge >= 0.3 is 0 Å². The summed E-state index contributed by atoms with van der Waals surface area (Å²) in [6.07, 6.45) is 0. The average molecular weight is 264 g/mol. The highest BCUT2D eigenvalue weighted by Crippen LogP contribution is 2.27. The first-order valence-electron chi connectivity index (χ1n) is 5.52. The summed E-state index contributed by atoms with van der Waals surface area (Å²) in [4.78, 5) is 12.8. The van der Waals surface area contributed by atoms with Crippen molar-refractivity contribution in [3.63, 3.8) is 0 Å². The Kier molecular flexibility index (Phi) is 3.26. The van der Waals surface area contributed by atoms with E-state index >= 15 is 0 Å². The van der Waals surface area contributed by atoms with Crippen LogP contribution in [-0.2, 0) is 5.41 Å². The zero-order valence-electron chi connectivity index (χ0n) is 10.4. The second kappa shape index (κ2) is 4.57. The Bertz CT molecular complexity index is 569. The molecule has 2 rings (SSSR count). The highest BCUT2D eigenvalue weighted by Gasteiger charge is 2.26. The van der Waals surface area contributed by atoms with Crippen LogP contribution < -0.4 is 0 Å². The van der Waals surface area contributed by atoms with Gasteiger partial charge < -0.3 is 0 Å². The van der Waals surface area contributed by atoms with Crippen molar-refractivity contribution in [3.8, 4) is 0 Å². The first-order chi connectivity index (χ1) is 8.39. The van der Waals surface area contributed by atoms with Crippen LogP contribution >= 0.6 is 11.5 Å². The fourth-order valence-corrected chi connectivity index (χ4v) is 2.40. The molecule has 1 heterocycles. The summed E-state index contributed by atoms with van der Waals surface area (Å²) in [6, 6.07) is 5.50. The molecule has 1 aromatic heterocycles. The lowest BCUT2D eigenvalue weighted by atomic mass is 9.90. The minimum atomic E-state index is -0.356. The number of benzene rings is 1. The van der Waals surface area contributed by atoms with E-state index in [0.29, 0.717) is 16.1 Å². The van der Waals surface area contributed by atoms with Gasteiger partial charge in [0.25, 0.3) is 0 Å². The highest BCUT2D eigenvalue weighted by atomic mass is 32.1. The fraction of sp³-hybridized carbons (Fsp3) is 0.308. The molecule has 0 radical (unpaired) electrons. The van der Waals surface area contributed by atoms with Crippen LogP contribution in [0.15, 0.2) is 24.3 Å². The van der Waals surface area contributed by atoms with Gasteiger partial charge in [-0.1, -0.05) is 25.3 Å².